The van der Waals surface area contributed by atoms with Crippen molar-refractivity contribution in [3.8, 4) is 11.5 Å². The third-order valence-corrected chi connectivity index (χ3v) is 5.10. The summed E-state index contributed by atoms with van der Waals surface area (Å²) < 4.78 is 15.8. The Kier molecular flexibility index (Phi) is 13.8. The van der Waals surface area contributed by atoms with Gasteiger partial charge in [-0.1, -0.05) is 51.5 Å². The Bertz CT molecular complexity index is 721. The van der Waals surface area contributed by atoms with Crippen LogP contribution in [0.3, 0.4) is 0 Å². The van der Waals surface area contributed by atoms with E-state index in [1.807, 2.05) is 12.1 Å². The number of carbonyl (C=O) groups is 2. The lowest BCUT2D eigenvalue weighted by molar-refractivity contribution is -0.137. The second-order valence-corrected chi connectivity index (χ2v) is 7.74. The SMILES string of the molecule is C=C(C)C(=O)CCCCCCCCCCCOC(=O)/C=C/c1cc(OC)ccc1OC. The first-order chi connectivity index (χ1) is 15.0. The van der Waals surface area contributed by atoms with E-state index >= 15 is 0 Å². The molecule has 5 heteroatoms. The van der Waals surface area contributed by atoms with E-state index in [1.165, 1.54) is 31.8 Å². The Hall–Kier alpha value is -2.56. The van der Waals surface area contributed by atoms with Gasteiger partial charge in [-0.2, -0.15) is 0 Å². The van der Waals surface area contributed by atoms with Crippen LogP contribution in [-0.2, 0) is 14.3 Å². The predicted octanol–water partition coefficient (Wildman–Crippen LogP) is 6.31. The molecule has 0 bridgehead atoms. The van der Waals surface area contributed by atoms with E-state index in [0.29, 0.717) is 30.1 Å². The highest BCUT2D eigenvalue weighted by atomic mass is 16.5. The van der Waals surface area contributed by atoms with E-state index in [9.17, 15) is 9.59 Å². The molecule has 0 aromatic heterocycles. The number of rotatable bonds is 17. The highest BCUT2D eigenvalue weighted by molar-refractivity contribution is 5.94. The van der Waals surface area contributed by atoms with Gasteiger partial charge in [-0.05, 0) is 49.6 Å². The van der Waals surface area contributed by atoms with Crippen molar-refractivity contribution >= 4 is 17.8 Å². The van der Waals surface area contributed by atoms with Crippen molar-refractivity contribution in [3.05, 3.63) is 42.0 Å². The van der Waals surface area contributed by atoms with Gasteiger partial charge in [-0.15, -0.1) is 0 Å². The quantitative estimate of drug-likeness (QED) is 0.165. The van der Waals surface area contributed by atoms with Crippen LogP contribution >= 0.6 is 0 Å². The van der Waals surface area contributed by atoms with Crippen LogP contribution < -0.4 is 9.47 Å². The van der Waals surface area contributed by atoms with Gasteiger partial charge in [0.1, 0.15) is 11.5 Å². The number of hydrogen-bond acceptors (Lipinski definition) is 5. The molecule has 0 spiro atoms. The van der Waals surface area contributed by atoms with Crippen LogP contribution in [0, 0.1) is 0 Å². The second-order valence-electron chi connectivity index (χ2n) is 7.74. The van der Waals surface area contributed by atoms with E-state index in [0.717, 1.165) is 37.7 Å². The number of benzene rings is 1. The number of unbranched alkanes of at least 4 members (excludes halogenated alkanes) is 8. The van der Waals surface area contributed by atoms with Crippen molar-refractivity contribution < 1.29 is 23.8 Å². The fourth-order valence-electron chi connectivity index (χ4n) is 3.19. The topological polar surface area (TPSA) is 61.8 Å². The number of carbonyl (C=O) groups excluding carboxylic acids is 2. The molecule has 0 N–H and O–H groups in total. The average molecular weight is 431 g/mol. The van der Waals surface area contributed by atoms with Crippen LogP contribution in [-0.4, -0.2) is 32.6 Å². The van der Waals surface area contributed by atoms with E-state index in [1.54, 1.807) is 33.3 Å². The minimum absolute atomic E-state index is 0.191. The summed E-state index contributed by atoms with van der Waals surface area (Å²) in [6, 6.07) is 5.42. The molecule has 1 aromatic rings. The molecule has 172 valence electrons. The molecule has 31 heavy (non-hydrogen) atoms. The molecule has 0 atom stereocenters. The van der Waals surface area contributed by atoms with E-state index in [4.69, 9.17) is 14.2 Å². The first-order valence-corrected chi connectivity index (χ1v) is 11.2. The Labute approximate surface area is 187 Å². The Balaban J connectivity index is 2.06. The molecule has 0 heterocycles. The van der Waals surface area contributed by atoms with Gasteiger partial charge in [0.05, 0.1) is 20.8 Å². The fraction of sp³-hybridized carbons (Fsp3) is 0.538. The highest BCUT2D eigenvalue weighted by Gasteiger charge is 2.04. The predicted molar refractivity (Wildman–Crippen MR) is 126 cm³/mol. The van der Waals surface area contributed by atoms with E-state index in [2.05, 4.69) is 6.58 Å². The van der Waals surface area contributed by atoms with Gasteiger partial charge in [0.2, 0.25) is 0 Å². The number of methoxy groups -OCH3 is 2. The molecule has 0 aliphatic heterocycles. The molecule has 0 saturated carbocycles. The molecule has 0 radical (unpaired) electrons. The zero-order valence-electron chi connectivity index (χ0n) is 19.4. The third kappa shape index (κ3) is 12.0. The molecule has 0 aliphatic carbocycles. The lowest BCUT2D eigenvalue weighted by Gasteiger charge is -2.07. The van der Waals surface area contributed by atoms with Crippen LogP contribution in [0.15, 0.2) is 36.4 Å². The van der Waals surface area contributed by atoms with Gasteiger partial charge in [-0.25, -0.2) is 4.79 Å². The summed E-state index contributed by atoms with van der Waals surface area (Å²) in [6.07, 6.45) is 13.7. The summed E-state index contributed by atoms with van der Waals surface area (Å²) >= 11 is 0. The maximum absolute atomic E-state index is 11.9. The molecular weight excluding hydrogens is 392 g/mol. The normalized spacial score (nSPS) is 10.8. The van der Waals surface area contributed by atoms with Crippen molar-refractivity contribution in [1.82, 2.24) is 0 Å². The van der Waals surface area contributed by atoms with Crippen molar-refractivity contribution in [3.63, 3.8) is 0 Å². The highest BCUT2D eigenvalue weighted by Crippen LogP contribution is 2.25. The van der Waals surface area contributed by atoms with E-state index in [-0.39, 0.29) is 11.8 Å². The van der Waals surface area contributed by atoms with Crippen LogP contribution in [0.4, 0.5) is 0 Å². The molecular formula is C26H38O5. The summed E-state index contributed by atoms with van der Waals surface area (Å²) in [5.74, 6) is 1.21. The molecule has 0 aliphatic rings. The van der Waals surface area contributed by atoms with Crippen LogP contribution in [0.1, 0.15) is 76.7 Å². The first kappa shape index (κ1) is 26.5. The monoisotopic (exact) mass is 430 g/mol. The first-order valence-electron chi connectivity index (χ1n) is 11.2. The zero-order chi connectivity index (χ0) is 22.9. The van der Waals surface area contributed by atoms with Gasteiger partial charge in [0.25, 0.3) is 0 Å². The number of allylic oxidation sites excluding steroid dienone is 1. The van der Waals surface area contributed by atoms with Crippen molar-refractivity contribution in [1.29, 1.82) is 0 Å². The summed E-state index contributed by atoms with van der Waals surface area (Å²) in [4.78, 5) is 23.4. The smallest absolute Gasteiger partial charge is 0.330 e. The van der Waals surface area contributed by atoms with Crippen LogP contribution in [0.2, 0.25) is 0 Å². The summed E-state index contributed by atoms with van der Waals surface area (Å²) in [5, 5.41) is 0. The maximum Gasteiger partial charge on any atom is 0.330 e. The zero-order valence-corrected chi connectivity index (χ0v) is 19.4. The van der Waals surface area contributed by atoms with Crippen molar-refractivity contribution in [2.24, 2.45) is 0 Å². The molecule has 0 saturated heterocycles. The minimum atomic E-state index is -0.352. The molecule has 0 amide bonds. The third-order valence-electron chi connectivity index (χ3n) is 5.10. The molecule has 5 nitrogen and oxygen atoms in total. The summed E-state index contributed by atoms with van der Waals surface area (Å²) in [6.45, 7) is 5.90. The molecule has 0 fully saturated rings. The number of esters is 1. The Morgan fingerprint density at radius 1 is 0.903 bits per heavy atom. The minimum Gasteiger partial charge on any atom is -0.497 e. The van der Waals surface area contributed by atoms with Gasteiger partial charge in [-0.3, -0.25) is 4.79 Å². The average Bonchev–Trinajstić information content (AvgIpc) is 2.77. The van der Waals surface area contributed by atoms with E-state index < -0.39 is 0 Å². The Morgan fingerprint density at radius 2 is 1.52 bits per heavy atom. The molecule has 1 aromatic carbocycles. The summed E-state index contributed by atoms with van der Waals surface area (Å²) in [5.41, 5.74) is 1.43. The number of ether oxygens (including phenoxy) is 3. The Morgan fingerprint density at radius 3 is 2.10 bits per heavy atom. The maximum atomic E-state index is 11.9. The number of hydrogen-bond donors (Lipinski definition) is 0. The fourth-order valence-corrected chi connectivity index (χ4v) is 3.19. The number of ketones is 1. The van der Waals surface area contributed by atoms with Crippen molar-refractivity contribution in [2.45, 2.75) is 71.1 Å². The lowest BCUT2D eigenvalue weighted by Crippen LogP contribution is -2.02. The largest absolute Gasteiger partial charge is 0.497 e. The lowest BCUT2D eigenvalue weighted by atomic mass is 10.0. The molecule has 1 rings (SSSR count). The van der Waals surface area contributed by atoms with Crippen LogP contribution in [0.25, 0.3) is 6.08 Å². The summed E-state index contributed by atoms with van der Waals surface area (Å²) in [7, 11) is 3.18. The molecule has 0 unspecified atom stereocenters. The van der Waals surface area contributed by atoms with Gasteiger partial charge >= 0.3 is 5.97 Å². The van der Waals surface area contributed by atoms with Crippen LogP contribution in [0.5, 0.6) is 11.5 Å². The van der Waals surface area contributed by atoms with Gasteiger partial charge < -0.3 is 14.2 Å². The standard InChI is InChI=1S/C26H38O5/c1-21(2)24(27)14-12-10-8-6-5-7-9-11-13-19-31-26(28)18-15-22-20-23(29-3)16-17-25(22)30-4/h15-18,20H,1,5-14,19H2,2-4H3/b18-15+. The van der Waals surface area contributed by atoms with Crippen molar-refractivity contribution in [2.75, 3.05) is 20.8 Å². The van der Waals surface area contributed by atoms with Gasteiger partial charge in [0.15, 0.2) is 5.78 Å². The van der Waals surface area contributed by atoms with Gasteiger partial charge in [0, 0.05) is 18.1 Å². The number of Topliss-reactive ketones (excluding diaryl/α,β-unsaturated/α-hetero) is 1. The second kappa shape index (κ2) is 16.2.